The molecule has 2 aromatic rings. The monoisotopic (exact) mass is 332 g/mol. The van der Waals surface area contributed by atoms with E-state index in [-0.39, 0.29) is 17.7 Å². The third kappa shape index (κ3) is 3.47. The molecule has 5 nitrogen and oxygen atoms in total. The summed E-state index contributed by atoms with van der Waals surface area (Å²) in [5, 5.41) is 9.58. The summed E-state index contributed by atoms with van der Waals surface area (Å²) in [4.78, 5) is 18.3. The molecule has 3 rings (SSSR count). The molecule has 0 aliphatic heterocycles. The van der Waals surface area contributed by atoms with Crippen molar-refractivity contribution in [1.29, 1.82) is 0 Å². The Morgan fingerprint density at radius 3 is 2.96 bits per heavy atom. The van der Waals surface area contributed by atoms with Gasteiger partial charge >= 0.3 is 0 Å². The highest BCUT2D eigenvalue weighted by Gasteiger charge is 2.34. The third-order valence-electron chi connectivity index (χ3n) is 4.64. The smallest absolute Gasteiger partial charge is 0.223 e. The SMILES string of the molecule is CCn1nc(Cc2cccs2)nc1[C@H]1CCCC[C@H]1C(=O)NC. The minimum Gasteiger partial charge on any atom is -0.359 e. The minimum atomic E-state index is 0.0258. The van der Waals surface area contributed by atoms with E-state index in [1.165, 1.54) is 4.88 Å². The number of thiophene rings is 1. The predicted molar refractivity (Wildman–Crippen MR) is 91.6 cm³/mol. The molecule has 0 radical (unpaired) electrons. The van der Waals surface area contributed by atoms with Crippen molar-refractivity contribution in [2.75, 3.05) is 7.05 Å². The molecule has 2 atom stereocenters. The van der Waals surface area contributed by atoms with Gasteiger partial charge in [0.25, 0.3) is 0 Å². The van der Waals surface area contributed by atoms with Gasteiger partial charge in [-0.05, 0) is 31.2 Å². The van der Waals surface area contributed by atoms with Crippen molar-refractivity contribution in [2.24, 2.45) is 5.92 Å². The first-order valence-electron chi connectivity index (χ1n) is 8.40. The molecule has 0 aromatic carbocycles. The summed E-state index contributed by atoms with van der Waals surface area (Å²) < 4.78 is 1.99. The Kier molecular flexibility index (Phi) is 5.10. The molecule has 2 heterocycles. The molecule has 2 aromatic heterocycles. The number of rotatable bonds is 5. The Hall–Kier alpha value is -1.69. The van der Waals surface area contributed by atoms with E-state index in [4.69, 9.17) is 4.98 Å². The molecule has 1 N–H and O–H groups in total. The maximum Gasteiger partial charge on any atom is 0.223 e. The van der Waals surface area contributed by atoms with E-state index in [0.29, 0.717) is 0 Å². The van der Waals surface area contributed by atoms with Crippen LogP contribution in [0.2, 0.25) is 0 Å². The van der Waals surface area contributed by atoms with Gasteiger partial charge in [-0.3, -0.25) is 4.79 Å². The van der Waals surface area contributed by atoms with Crippen LogP contribution >= 0.6 is 11.3 Å². The average Bonchev–Trinajstić information content (AvgIpc) is 3.24. The standard InChI is InChI=1S/C17H24N4OS/c1-3-21-16(13-8-4-5-9-14(13)17(22)18-2)19-15(20-21)11-12-7-6-10-23-12/h6-7,10,13-14H,3-5,8-9,11H2,1-2H3,(H,18,22)/t13-,14+/m0/s1. The fourth-order valence-electron chi connectivity index (χ4n) is 3.49. The Labute approximate surface area is 141 Å². The van der Waals surface area contributed by atoms with Crippen molar-refractivity contribution in [3.8, 4) is 0 Å². The van der Waals surface area contributed by atoms with E-state index in [1.807, 2.05) is 4.68 Å². The van der Waals surface area contributed by atoms with Crippen molar-refractivity contribution in [2.45, 2.75) is 51.5 Å². The number of hydrogen-bond acceptors (Lipinski definition) is 4. The number of carbonyl (C=O) groups excluding carboxylic acids is 1. The highest BCUT2D eigenvalue weighted by molar-refractivity contribution is 7.09. The Morgan fingerprint density at radius 2 is 2.26 bits per heavy atom. The fraction of sp³-hybridized carbons (Fsp3) is 0.588. The molecule has 1 aliphatic rings. The lowest BCUT2D eigenvalue weighted by atomic mass is 9.78. The van der Waals surface area contributed by atoms with Crippen LogP contribution in [-0.2, 0) is 17.8 Å². The van der Waals surface area contributed by atoms with Crippen LogP contribution in [0.5, 0.6) is 0 Å². The van der Waals surface area contributed by atoms with E-state index in [1.54, 1.807) is 18.4 Å². The van der Waals surface area contributed by atoms with Gasteiger partial charge in [-0.1, -0.05) is 18.9 Å². The quantitative estimate of drug-likeness (QED) is 0.916. The molecule has 0 unspecified atom stereocenters. The number of nitrogens with one attached hydrogen (secondary N) is 1. The molecule has 1 saturated carbocycles. The topological polar surface area (TPSA) is 59.8 Å². The molecule has 1 amide bonds. The second-order valence-corrected chi connectivity index (χ2v) is 7.10. The van der Waals surface area contributed by atoms with Crippen LogP contribution in [0, 0.1) is 5.92 Å². The molecular formula is C17H24N4OS. The van der Waals surface area contributed by atoms with E-state index < -0.39 is 0 Å². The maximum atomic E-state index is 12.2. The molecular weight excluding hydrogens is 308 g/mol. The number of hydrogen-bond donors (Lipinski definition) is 1. The molecule has 1 fully saturated rings. The van der Waals surface area contributed by atoms with Gasteiger partial charge < -0.3 is 5.32 Å². The molecule has 23 heavy (non-hydrogen) atoms. The average molecular weight is 332 g/mol. The summed E-state index contributed by atoms with van der Waals surface area (Å²) in [6.45, 7) is 2.88. The van der Waals surface area contributed by atoms with Crippen LogP contribution in [0.15, 0.2) is 17.5 Å². The third-order valence-corrected chi connectivity index (χ3v) is 5.51. The normalized spacial score (nSPS) is 21.3. The first-order valence-corrected chi connectivity index (χ1v) is 9.28. The van der Waals surface area contributed by atoms with Crippen molar-refractivity contribution >= 4 is 17.2 Å². The number of aryl methyl sites for hydroxylation is 1. The second kappa shape index (κ2) is 7.25. The highest BCUT2D eigenvalue weighted by Crippen LogP contribution is 2.37. The van der Waals surface area contributed by atoms with Gasteiger partial charge in [-0.15, -0.1) is 11.3 Å². The highest BCUT2D eigenvalue weighted by atomic mass is 32.1. The Balaban J connectivity index is 1.87. The van der Waals surface area contributed by atoms with Crippen LogP contribution in [-0.4, -0.2) is 27.7 Å². The van der Waals surface area contributed by atoms with Crippen molar-refractivity contribution < 1.29 is 4.79 Å². The molecule has 124 valence electrons. The largest absolute Gasteiger partial charge is 0.359 e. The van der Waals surface area contributed by atoms with Crippen LogP contribution < -0.4 is 5.32 Å². The zero-order chi connectivity index (χ0) is 16.2. The number of nitrogens with zero attached hydrogens (tertiary/aromatic N) is 3. The van der Waals surface area contributed by atoms with Crippen molar-refractivity contribution in [1.82, 2.24) is 20.1 Å². The van der Waals surface area contributed by atoms with Gasteiger partial charge in [-0.2, -0.15) is 5.10 Å². The van der Waals surface area contributed by atoms with E-state index in [0.717, 1.165) is 50.3 Å². The predicted octanol–water partition coefficient (Wildman–Crippen LogP) is 2.97. The summed E-state index contributed by atoms with van der Waals surface area (Å²) >= 11 is 1.73. The van der Waals surface area contributed by atoms with Gasteiger partial charge in [0.05, 0.1) is 0 Å². The summed E-state index contributed by atoms with van der Waals surface area (Å²) in [7, 11) is 1.72. The lowest BCUT2D eigenvalue weighted by Crippen LogP contribution is -2.34. The van der Waals surface area contributed by atoms with Crippen molar-refractivity contribution in [3.05, 3.63) is 34.0 Å². The van der Waals surface area contributed by atoms with Crippen LogP contribution in [0.4, 0.5) is 0 Å². The van der Waals surface area contributed by atoms with Crippen LogP contribution in [0.1, 0.15) is 55.1 Å². The zero-order valence-electron chi connectivity index (χ0n) is 13.8. The number of carbonyl (C=O) groups is 1. The maximum absolute atomic E-state index is 12.2. The van der Waals surface area contributed by atoms with Gasteiger partial charge in [0.2, 0.25) is 5.91 Å². The lowest BCUT2D eigenvalue weighted by Gasteiger charge is -2.29. The van der Waals surface area contributed by atoms with E-state index >= 15 is 0 Å². The van der Waals surface area contributed by atoms with Crippen LogP contribution in [0.25, 0.3) is 0 Å². The van der Waals surface area contributed by atoms with Crippen molar-refractivity contribution in [3.63, 3.8) is 0 Å². The van der Waals surface area contributed by atoms with Gasteiger partial charge in [-0.25, -0.2) is 9.67 Å². The Morgan fingerprint density at radius 1 is 1.43 bits per heavy atom. The minimum absolute atomic E-state index is 0.0258. The van der Waals surface area contributed by atoms with E-state index in [2.05, 4.69) is 34.9 Å². The van der Waals surface area contributed by atoms with Gasteiger partial charge in [0.1, 0.15) is 5.82 Å². The zero-order valence-corrected chi connectivity index (χ0v) is 14.6. The summed E-state index contributed by atoms with van der Waals surface area (Å²) in [5.41, 5.74) is 0. The molecule has 0 saturated heterocycles. The first kappa shape index (κ1) is 16.2. The second-order valence-electron chi connectivity index (χ2n) is 6.07. The van der Waals surface area contributed by atoms with Gasteiger partial charge in [0.15, 0.2) is 5.82 Å². The van der Waals surface area contributed by atoms with E-state index in [9.17, 15) is 4.79 Å². The molecule has 0 bridgehead atoms. The number of aromatic nitrogens is 3. The van der Waals surface area contributed by atoms with Gasteiger partial charge in [0, 0.05) is 36.7 Å². The first-order chi connectivity index (χ1) is 11.2. The summed E-state index contributed by atoms with van der Waals surface area (Å²) in [6.07, 6.45) is 5.03. The Bertz CT molecular complexity index is 650. The number of amides is 1. The molecule has 0 spiro atoms. The lowest BCUT2D eigenvalue weighted by molar-refractivity contribution is -0.126. The summed E-state index contributed by atoms with van der Waals surface area (Å²) in [6, 6.07) is 4.17. The molecule has 6 heteroatoms. The fourth-order valence-corrected chi connectivity index (χ4v) is 4.19. The van der Waals surface area contributed by atoms with Crippen LogP contribution in [0.3, 0.4) is 0 Å². The summed E-state index contributed by atoms with van der Waals surface area (Å²) in [5.74, 6) is 2.21. The molecule has 1 aliphatic carbocycles.